The number of pyridine rings is 1. The molecule has 30 heavy (non-hydrogen) atoms. The molecule has 0 amide bonds. The van der Waals surface area contributed by atoms with Gasteiger partial charge < -0.3 is 9.72 Å². The lowest BCUT2D eigenvalue weighted by molar-refractivity contribution is 0.311. The lowest BCUT2D eigenvalue weighted by atomic mass is 9.99. The zero-order valence-corrected chi connectivity index (χ0v) is 17.9. The Morgan fingerprint density at radius 3 is 2.73 bits per heavy atom. The highest BCUT2D eigenvalue weighted by Crippen LogP contribution is 2.36. The van der Waals surface area contributed by atoms with Gasteiger partial charge in [0.15, 0.2) is 11.2 Å². The summed E-state index contributed by atoms with van der Waals surface area (Å²) >= 11 is 1.73. The number of allylic oxidation sites excluding steroid dienone is 4. The molecule has 0 saturated heterocycles. The molecule has 0 unspecified atom stereocenters. The van der Waals surface area contributed by atoms with Crippen molar-refractivity contribution >= 4 is 37.9 Å². The maximum Gasteiger partial charge on any atom is 0.197 e. The lowest BCUT2D eigenvalue weighted by Gasteiger charge is -2.10. The van der Waals surface area contributed by atoms with Crippen LogP contribution in [-0.2, 0) is 4.74 Å². The van der Waals surface area contributed by atoms with E-state index < -0.39 is 0 Å². The number of aromatic amines is 1. The van der Waals surface area contributed by atoms with Gasteiger partial charge in [0.05, 0.1) is 12.6 Å². The maximum atomic E-state index is 13.4. The van der Waals surface area contributed by atoms with Crippen molar-refractivity contribution in [3.05, 3.63) is 87.9 Å². The number of aryl methyl sites for hydroxylation is 1. The zero-order valence-electron chi connectivity index (χ0n) is 17.1. The second kappa shape index (κ2) is 8.06. The van der Waals surface area contributed by atoms with Crippen LogP contribution in [0.25, 0.3) is 37.0 Å². The van der Waals surface area contributed by atoms with Crippen molar-refractivity contribution in [2.75, 3.05) is 7.11 Å². The number of methoxy groups -OCH3 is 1. The summed E-state index contributed by atoms with van der Waals surface area (Å²) in [4.78, 5) is 17.9. The van der Waals surface area contributed by atoms with E-state index in [2.05, 4.69) is 35.2 Å². The Bertz CT molecular complexity index is 1390. The number of thiophene rings is 1. The van der Waals surface area contributed by atoms with Crippen molar-refractivity contribution < 1.29 is 4.74 Å². The van der Waals surface area contributed by atoms with E-state index in [9.17, 15) is 4.79 Å². The molecule has 2 heterocycles. The summed E-state index contributed by atoms with van der Waals surface area (Å²) in [6.07, 6.45) is 10.7. The molecule has 0 bridgehead atoms. The second-order valence-corrected chi connectivity index (χ2v) is 8.17. The Labute approximate surface area is 179 Å². The normalized spacial score (nSPS) is 12.3. The molecule has 0 atom stereocenters. The first-order valence-electron chi connectivity index (χ1n) is 9.57. The van der Waals surface area contributed by atoms with Gasteiger partial charge in [-0.3, -0.25) is 4.79 Å². The molecule has 1 N–H and O–H groups in total. The standard InChI is InChI=1S/C26H21NO2S/c1-5-19(29-4)12-10-16(2)21-15-27-25-20(13-11-17(3)24(25)26(21)28)23-14-18-8-6-7-9-22(18)30-23/h1,6-15H,2-4H3,(H,27,28)/b16-10+,19-12+. The minimum atomic E-state index is 0.00559. The second-order valence-electron chi connectivity index (χ2n) is 7.09. The highest BCUT2D eigenvalue weighted by molar-refractivity contribution is 7.22. The van der Waals surface area contributed by atoms with E-state index in [4.69, 9.17) is 11.2 Å². The molecule has 2 aromatic heterocycles. The molecule has 148 valence electrons. The van der Waals surface area contributed by atoms with Crippen LogP contribution < -0.4 is 5.43 Å². The van der Waals surface area contributed by atoms with Crippen molar-refractivity contribution in [2.24, 2.45) is 0 Å². The number of hydrogen-bond acceptors (Lipinski definition) is 3. The summed E-state index contributed by atoms with van der Waals surface area (Å²) in [7, 11) is 1.52. The molecule has 4 rings (SSSR count). The van der Waals surface area contributed by atoms with Gasteiger partial charge in [-0.1, -0.05) is 36.4 Å². The fraction of sp³-hybridized carbons (Fsp3) is 0.115. The molecular formula is C26H21NO2S. The first-order valence-corrected chi connectivity index (χ1v) is 10.4. The molecule has 0 spiro atoms. The average Bonchev–Trinajstić information content (AvgIpc) is 3.18. The Kier molecular flexibility index (Phi) is 5.31. The molecule has 0 aliphatic rings. The van der Waals surface area contributed by atoms with Gasteiger partial charge in [0.25, 0.3) is 0 Å². The topological polar surface area (TPSA) is 42.1 Å². The van der Waals surface area contributed by atoms with E-state index in [0.717, 1.165) is 27.1 Å². The Hall–Kier alpha value is -3.55. The van der Waals surface area contributed by atoms with Gasteiger partial charge in [0.2, 0.25) is 0 Å². The van der Waals surface area contributed by atoms with E-state index in [1.807, 2.05) is 32.0 Å². The molecule has 0 aliphatic carbocycles. The van der Waals surface area contributed by atoms with Crippen LogP contribution in [0.5, 0.6) is 0 Å². The van der Waals surface area contributed by atoms with Crippen LogP contribution in [0.3, 0.4) is 0 Å². The summed E-state index contributed by atoms with van der Waals surface area (Å²) in [5, 5.41) is 1.92. The van der Waals surface area contributed by atoms with Gasteiger partial charge in [-0.15, -0.1) is 17.8 Å². The largest absolute Gasteiger partial charge is 0.489 e. The van der Waals surface area contributed by atoms with Crippen molar-refractivity contribution in [3.63, 3.8) is 0 Å². The van der Waals surface area contributed by atoms with Gasteiger partial charge in [-0.05, 0) is 54.5 Å². The Balaban J connectivity index is 1.90. The van der Waals surface area contributed by atoms with Crippen LogP contribution in [0.1, 0.15) is 18.1 Å². The highest BCUT2D eigenvalue weighted by atomic mass is 32.1. The van der Waals surface area contributed by atoms with E-state index in [-0.39, 0.29) is 5.43 Å². The summed E-state index contributed by atoms with van der Waals surface area (Å²) in [6.45, 7) is 3.86. The van der Waals surface area contributed by atoms with Gasteiger partial charge in [-0.25, -0.2) is 0 Å². The number of ether oxygens (including phenoxy) is 1. The molecule has 0 aliphatic heterocycles. The summed E-state index contributed by atoms with van der Waals surface area (Å²) < 4.78 is 6.32. The summed E-state index contributed by atoms with van der Waals surface area (Å²) in [5.74, 6) is 2.87. The molecular weight excluding hydrogens is 390 g/mol. The quantitative estimate of drug-likeness (QED) is 0.244. The molecule has 0 fully saturated rings. The molecule has 4 heteroatoms. The van der Waals surface area contributed by atoms with E-state index in [0.29, 0.717) is 16.7 Å². The predicted molar refractivity (Wildman–Crippen MR) is 128 cm³/mol. The molecule has 0 saturated carbocycles. The minimum absolute atomic E-state index is 0.00559. The third kappa shape index (κ3) is 3.45. The smallest absolute Gasteiger partial charge is 0.197 e. The van der Waals surface area contributed by atoms with Crippen molar-refractivity contribution in [1.82, 2.24) is 4.98 Å². The fourth-order valence-electron chi connectivity index (χ4n) is 3.57. The van der Waals surface area contributed by atoms with Gasteiger partial charge >= 0.3 is 0 Å². The summed E-state index contributed by atoms with van der Waals surface area (Å²) in [6, 6.07) is 14.6. The molecule has 3 nitrogen and oxygen atoms in total. The third-order valence-corrected chi connectivity index (χ3v) is 6.36. The number of hydrogen-bond donors (Lipinski definition) is 1. The summed E-state index contributed by atoms with van der Waals surface area (Å²) in [5.41, 5.74) is 4.28. The number of H-pyrrole nitrogens is 1. The lowest BCUT2D eigenvalue weighted by Crippen LogP contribution is -2.10. The minimum Gasteiger partial charge on any atom is -0.489 e. The van der Waals surface area contributed by atoms with Crippen molar-refractivity contribution in [1.29, 1.82) is 0 Å². The third-order valence-electron chi connectivity index (χ3n) is 5.21. The van der Waals surface area contributed by atoms with Crippen molar-refractivity contribution in [3.8, 4) is 22.8 Å². The number of nitrogens with one attached hydrogen (secondary N) is 1. The zero-order chi connectivity index (χ0) is 21.3. The van der Waals surface area contributed by atoms with Crippen LogP contribution in [0.2, 0.25) is 0 Å². The van der Waals surface area contributed by atoms with E-state index >= 15 is 0 Å². The van der Waals surface area contributed by atoms with Gasteiger partial charge in [0, 0.05) is 32.3 Å². The van der Waals surface area contributed by atoms with Crippen LogP contribution in [-0.4, -0.2) is 12.1 Å². The Morgan fingerprint density at radius 1 is 1.20 bits per heavy atom. The van der Waals surface area contributed by atoms with Gasteiger partial charge in [0.1, 0.15) is 0 Å². The monoisotopic (exact) mass is 411 g/mol. The SMILES string of the molecule is C#C/C(=C\C=C(/C)c1c[nH]c2c(-c3cc4ccccc4s3)ccc(C)c2c1=O)OC. The first kappa shape index (κ1) is 19.8. The Morgan fingerprint density at radius 2 is 2.00 bits per heavy atom. The van der Waals surface area contributed by atoms with Crippen LogP contribution >= 0.6 is 11.3 Å². The van der Waals surface area contributed by atoms with Crippen LogP contribution in [0, 0.1) is 19.3 Å². The number of benzene rings is 2. The maximum absolute atomic E-state index is 13.4. The highest BCUT2D eigenvalue weighted by Gasteiger charge is 2.14. The predicted octanol–water partition coefficient (Wildman–Crippen LogP) is 6.29. The number of terminal acetylenes is 1. The molecule has 4 aromatic rings. The fourth-order valence-corrected chi connectivity index (χ4v) is 4.67. The van der Waals surface area contributed by atoms with Crippen molar-refractivity contribution in [2.45, 2.75) is 13.8 Å². The van der Waals surface area contributed by atoms with Crippen LogP contribution in [0.15, 0.2) is 71.4 Å². The first-order chi connectivity index (χ1) is 14.5. The number of aromatic nitrogens is 1. The van der Waals surface area contributed by atoms with Crippen LogP contribution in [0.4, 0.5) is 0 Å². The van der Waals surface area contributed by atoms with E-state index in [1.54, 1.807) is 29.7 Å². The number of rotatable bonds is 4. The number of fused-ring (bicyclic) bond motifs is 2. The van der Waals surface area contributed by atoms with Gasteiger partial charge in [-0.2, -0.15) is 0 Å². The molecule has 0 radical (unpaired) electrons. The molecule has 2 aromatic carbocycles. The average molecular weight is 412 g/mol. The van der Waals surface area contributed by atoms with E-state index in [1.165, 1.54) is 17.2 Å².